The average Bonchev–Trinajstić information content (AvgIpc) is 2.72. The highest BCUT2D eigenvalue weighted by Crippen LogP contribution is 2.17. The van der Waals surface area contributed by atoms with Crippen molar-refractivity contribution in [1.82, 2.24) is 0 Å². The largest absolute Gasteiger partial charge is 0.462 e. The van der Waals surface area contributed by atoms with E-state index in [1.165, 1.54) is 51.4 Å². The predicted octanol–water partition coefficient (Wildman–Crippen LogP) is 7.91. The van der Waals surface area contributed by atoms with Gasteiger partial charge in [0.15, 0.2) is 0 Å². The van der Waals surface area contributed by atoms with Gasteiger partial charge < -0.3 is 9.47 Å². The Morgan fingerprint density at radius 3 is 1.00 bits per heavy atom. The lowest BCUT2D eigenvalue weighted by Crippen LogP contribution is -2.21. The summed E-state index contributed by atoms with van der Waals surface area (Å²) >= 11 is 0. The fourth-order valence-electron chi connectivity index (χ4n) is 3.71. The summed E-state index contributed by atoms with van der Waals surface area (Å²) in [5, 5.41) is 0. The minimum absolute atomic E-state index is 0.00227. The Balaban J connectivity index is 4.35. The molecule has 178 valence electrons. The molecule has 0 saturated carbocycles. The number of esters is 2. The monoisotopic (exact) mass is 426 g/mol. The van der Waals surface area contributed by atoms with Crippen LogP contribution in [0.15, 0.2) is 0 Å². The molecule has 0 aliphatic rings. The van der Waals surface area contributed by atoms with Crippen molar-refractivity contribution in [1.29, 1.82) is 0 Å². The van der Waals surface area contributed by atoms with Gasteiger partial charge in [-0.15, -0.1) is 0 Å². The summed E-state index contributed by atoms with van der Waals surface area (Å²) in [6, 6.07) is 0. The summed E-state index contributed by atoms with van der Waals surface area (Å²) in [5.41, 5.74) is 0. The molecule has 0 spiro atoms. The molecule has 0 aromatic heterocycles. The van der Waals surface area contributed by atoms with E-state index in [9.17, 15) is 9.59 Å². The van der Waals surface area contributed by atoms with E-state index >= 15 is 0 Å². The fraction of sp³-hybridized carbons (Fsp3) is 0.923. The minimum Gasteiger partial charge on any atom is -0.462 e. The van der Waals surface area contributed by atoms with Crippen LogP contribution in [0.5, 0.6) is 0 Å². The van der Waals surface area contributed by atoms with E-state index in [4.69, 9.17) is 9.47 Å². The first-order chi connectivity index (χ1) is 14.6. The van der Waals surface area contributed by atoms with Gasteiger partial charge in [0, 0.05) is 0 Å². The average molecular weight is 427 g/mol. The van der Waals surface area contributed by atoms with Crippen LogP contribution in [0.25, 0.3) is 0 Å². The Kier molecular flexibility index (Phi) is 20.4. The van der Waals surface area contributed by atoms with Crippen molar-refractivity contribution in [3.8, 4) is 0 Å². The third-order valence-corrected chi connectivity index (χ3v) is 5.65. The van der Waals surface area contributed by atoms with Gasteiger partial charge in [-0.05, 0) is 51.4 Å². The highest BCUT2D eigenvalue weighted by atomic mass is 16.5. The van der Waals surface area contributed by atoms with Crippen molar-refractivity contribution in [2.75, 3.05) is 0 Å². The smallest absolute Gasteiger partial charge is 0.306 e. The highest BCUT2D eigenvalue weighted by molar-refractivity contribution is 5.77. The standard InChI is InChI=1S/C26H50O4/c1-5-9-13-17-23(18-14-10-6-2)29-25(27)21-22-26(28)30-24(19-15-11-7-3)20-16-12-8-4/h23-24H,5-22H2,1-4H3. The summed E-state index contributed by atoms with van der Waals surface area (Å²) in [6.07, 6.45) is 17.8. The van der Waals surface area contributed by atoms with Crippen LogP contribution in [-0.4, -0.2) is 24.1 Å². The van der Waals surface area contributed by atoms with Crippen LogP contribution in [0.3, 0.4) is 0 Å². The molecule has 0 aromatic carbocycles. The molecule has 0 unspecified atom stereocenters. The van der Waals surface area contributed by atoms with Gasteiger partial charge in [0.2, 0.25) is 0 Å². The molecule has 4 heteroatoms. The van der Waals surface area contributed by atoms with Gasteiger partial charge in [0.1, 0.15) is 12.2 Å². The molecule has 0 heterocycles. The van der Waals surface area contributed by atoms with Crippen LogP contribution in [0.4, 0.5) is 0 Å². The van der Waals surface area contributed by atoms with Gasteiger partial charge in [0.05, 0.1) is 12.8 Å². The molecule has 0 rings (SSSR count). The van der Waals surface area contributed by atoms with Gasteiger partial charge in [-0.1, -0.05) is 79.1 Å². The normalized spacial score (nSPS) is 11.3. The zero-order valence-corrected chi connectivity index (χ0v) is 20.5. The minimum atomic E-state index is -0.251. The Bertz CT molecular complexity index is 350. The number of carbonyl (C=O) groups excluding carboxylic acids is 2. The molecule has 0 bridgehead atoms. The number of ether oxygens (including phenoxy) is 2. The maximum Gasteiger partial charge on any atom is 0.306 e. The molecule has 0 saturated heterocycles. The molecular weight excluding hydrogens is 376 g/mol. The van der Waals surface area contributed by atoms with E-state index < -0.39 is 0 Å². The van der Waals surface area contributed by atoms with Crippen molar-refractivity contribution in [2.24, 2.45) is 0 Å². The maximum absolute atomic E-state index is 12.3. The topological polar surface area (TPSA) is 52.6 Å². The quantitative estimate of drug-likeness (QED) is 0.138. The van der Waals surface area contributed by atoms with Crippen molar-refractivity contribution < 1.29 is 19.1 Å². The van der Waals surface area contributed by atoms with Gasteiger partial charge in [-0.3, -0.25) is 9.59 Å². The number of hydrogen-bond donors (Lipinski definition) is 0. The van der Waals surface area contributed by atoms with Crippen LogP contribution < -0.4 is 0 Å². The first-order valence-corrected chi connectivity index (χ1v) is 13.0. The second kappa shape index (κ2) is 21.2. The van der Waals surface area contributed by atoms with E-state index in [-0.39, 0.29) is 37.0 Å². The molecule has 0 aromatic rings. The maximum atomic E-state index is 12.3. The Hall–Kier alpha value is -1.06. The fourth-order valence-corrected chi connectivity index (χ4v) is 3.71. The number of rotatable bonds is 21. The van der Waals surface area contributed by atoms with Gasteiger partial charge >= 0.3 is 11.9 Å². The summed E-state index contributed by atoms with van der Waals surface area (Å²) in [7, 11) is 0. The zero-order chi connectivity index (χ0) is 22.5. The molecule has 0 atom stereocenters. The van der Waals surface area contributed by atoms with Crippen molar-refractivity contribution in [3.63, 3.8) is 0 Å². The Morgan fingerprint density at radius 1 is 0.500 bits per heavy atom. The van der Waals surface area contributed by atoms with E-state index in [0.717, 1.165) is 51.4 Å². The molecule has 30 heavy (non-hydrogen) atoms. The van der Waals surface area contributed by atoms with E-state index in [1.54, 1.807) is 0 Å². The highest BCUT2D eigenvalue weighted by Gasteiger charge is 2.18. The molecule has 0 fully saturated rings. The summed E-state index contributed by atoms with van der Waals surface area (Å²) in [4.78, 5) is 24.6. The van der Waals surface area contributed by atoms with Crippen LogP contribution in [0, 0.1) is 0 Å². The first kappa shape index (κ1) is 28.9. The van der Waals surface area contributed by atoms with Crippen molar-refractivity contribution in [3.05, 3.63) is 0 Å². The molecule has 0 N–H and O–H groups in total. The Morgan fingerprint density at radius 2 is 0.767 bits per heavy atom. The molecular formula is C26H50O4. The van der Waals surface area contributed by atoms with E-state index in [1.807, 2.05) is 0 Å². The zero-order valence-electron chi connectivity index (χ0n) is 20.5. The lowest BCUT2D eigenvalue weighted by molar-refractivity contribution is -0.156. The van der Waals surface area contributed by atoms with Crippen LogP contribution >= 0.6 is 0 Å². The summed E-state index contributed by atoms with van der Waals surface area (Å²) in [6.45, 7) is 8.73. The number of carbonyl (C=O) groups is 2. The van der Waals surface area contributed by atoms with E-state index in [0.29, 0.717) is 0 Å². The first-order valence-electron chi connectivity index (χ1n) is 13.0. The second-order valence-electron chi connectivity index (χ2n) is 8.71. The predicted molar refractivity (Wildman–Crippen MR) is 126 cm³/mol. The third kappa shape index (κ3) is 17.8. The van der Waals surface area contributed by atoms with Crippen molar-refractivity contribution in [2.45, 2.75) is 155 Å². The lowest BCUT2D eigenvalue weighted by atomic mass is 10.0. The summed E-state index contributed by atoms with van der Waals surface area (Å²) in [5.74, 6) is -0.503. The number of unbranched alkanes of at least 4 members (excludes halogenated alkanes) is 8. The lowest BCUT2D eigenvalue weighted by Gasteiger charge is -2.19. The van der Waals surface area contributed by atoms with Crippen molar-refractivity contribution >= 4 is 11.9 Å². The van der Waals surface area contributed by atoms with Gasteiger partial charge in [-0.25, -0.2) is 0 Å². The van der Waals surface area contributed by atoms with E-state index in [2.05, 4.69) is 27.7 Å². The molecule has 0 radical (unpaired) electrons. The van der Waals surface area contributed by atoms with Gasteiger partial charge in [-0.2, -0.15) is 0 Å². The summed E-state index contributed by atoms with van der Waals surface area (Å²) < 4.78 is 11.4. The van der Waals surface area contributed by atoms with Gasteiger partial charge in [0.25, 0.3) is 0 Å². The van der Waals surface area contributed by atoms with Crippen LogP contribution in [-0.2, 0) is 19.1 Å². The molecule has 0 amide bonds. The Labute approximate surface area is 186 Å². The van der Waals surface area contributed by atoms with Crippen LogP contribution in [0.2, 0.25) is 0 Å². The third-order valence-electron chi connectivity index (χ3n) is 5.65. The molecule has 0 aliphatic carbocycles. The molecule has 4 nitrogen and oxygen atoms in total. The molecule has 0 aliphatic heterocycles. The SMILES string of the molecule is CCCCCC(CCCCC)OC(=O)CCC(=O)OC(CCCCC)CCCCC. The van der Waals surface area contributed by atoms with Crippen LogP contribution in [0.1, 0.15) is 143 Å². The second-order valence-corrected chi connectivity index (χ2v) is 8.71. The number of hydrogen-bond acceptors (Lipinski definition) is 4.